The first kappa shape index (κ1) is 19.2. The molecule has 0 atom stereocenters. The molecule has 0 bridgehead atoms. The fourth-order valence-electron chi connectivity index (χ4n) is 4.70. The van der Waals surface area contributed by atoms with Gasteiger partial charge in [-0.25, -0.2) is 4.98 Å². The highest BCUT2D eigenvalue weighted by Crippen LogP contribution is 2.40. The summed E-state index contributed by atoms with van der Waals surface area (Å²) in [4.78, 5) is 21.2. The zero-order valence-electron chi connectivity index (χ0n) is 17.2. The molecule has 152 valence electrons. The van der Waals surface area contributed by atoms with Gasteiger partial charge in [-0.05, 0) is 51.1 Å². The van der Waals surface area contributed by atoms with Gasteiger partial charge in [0.25, 0.3) is 0 Å². The van der Waals surface area contributed by atoms with Crippen LogP contribution < -0.4 is 0 Å². The molecule has 4 rings (SSSR count). The highest BCUT2D eigenvalue weighted by molar-refractivity contribution is 5.77. The van der Waals surface area contributed by atoms with E-state index >= 15 is 0 Å². The molecule has 7 heteroatoms. The Kier molecular flexibility index (Phi) is 5.53. The van der Waals surface area contributed by atoms with Gasteiger partial charge in [-0.2, -0.15) is 5.10 Å². The highest BCUT2D eigenvalue weighted by Gasteiger charge is 2.40. The number of likely N-dealkylation sites (tertiary alicyclic amines) is 2. The van der Waals surface area contributed by atoms with E-state index < -0.39 is 0 Å². The van der Waals surface area contributed by atoms with Crippen molar-refractivity contribution in [3.8, 4) is 0 Å². The van der Waals surface area contributed by atoms with Gasteiger partial charge in [0.1, 0.15) is 0 Å². The molecule has 0 saturated carbocycles. The number of hydrogen-bond acceptors (Lipinski definition) is 4. The smallest absolute Gasteiger partial charge is 0.222 e. The summed E-state index contributed by atoms with van der Waals surface area (Å²) in [5.41, 5.74) is 2.91. The molecule has 2 aliphatic rings. The second kappa shape index (κ2) is 8.07. The van der Waals surface area contributed by atoms with Crippen LogP contribution in [0.25, 0.3) is 0 Å². The summed E-state index contributed by atoms with van der Waals surface area (Å²) < 4.78 is 4.04. The molecular weight excluding hydrogens is 352 g/mol. The van der Waals surface area contributed by atoms with E-state index in [9.17, 15) is 4.79 Å². The van der Waals surface area contributed by atoms with Gasteiger partial charge in [0.05, 0.1) is 12.5 Å². The van der Waals surface area contributed by atoms with Crippen LogP contribution in [0.2, 0.25) is 0 Å². The van der Waals surface area contributed by atoms with E-state index in [4.69, 9.17) is 0 Å². The van der Waals surface area contributed by atoms with Crippen molar-refractivity contribution in [2.75, 3.05) is 26.2 Å². The van der Waals surface area contributed by atoms with Crippen LogP contribution in [0.3, 0.4) is 0 Å². The lowest BCUT2D eigenvalue weighted by Gasteiger charge is -2.47. The standard InChI is InChI=1S/C21H32N6O/c1-18-19(14-23-24(18)2)15-25-11-6-21(7-12-25)5-4-20(28)27(16-21)10-3-9-26-13-8-22-17-26/h8,13-14,17H,3-7,9-12,15-16H2,1-2H3. The Morgan fingerprint density at radius 2 is 2.00 bits per heavy atom. The van der Waals surface area contributed by atoms with Gasteiger partial charge in [0.2, 0.25) is 5.91 Å². The number of amides is 1. The Balaban J connectivity index is 1.29. The van der Waals surface area contributed by atoms with Crippen LogP contribution in [-0.4, -0.2) is 61.2 Å². The van der Waals surface area contributed by atoms with Crippen molar-refractivity contribution in [1.29, 1.82) is 0 Å². The van der Waals surface area contributed by atoms with Crippen molar-refractivity contribution in [3.05, 3.63) is 36.2 Å². The molecule has 4 heterocycles. The minimum Gasteiger partial charge on any atom is -0.342 e. The Morgan fingerprint density at radius 3 is 2.68 bits per heavy atom. The number of piperidine rings is 2. The predicted molar refractivity (Wildman–Crippen MR) is 108 cm³/mol. The van der Waals surface area contributed by atoms with E-state index in [0.717, 1.165) is 52.1 Å². The zero-order valence-corrected chi connectivity index (χ0v) is 17.2. The van der Waals surface area contributed by atoms with E-state index in [1.807, 2.05) is 36.6 Å². The first-order valence-electron chi connectivity index (χ1n) is 10.5. The molecule has 0 N–H and O–H groups in total. The molecule has 2 saturated heterocycles. The maximum absolute atomic E-state index is 12.4. The normalized spacial score (nSPS) is 20.2. The third-order valence-corrected chi connectivity index (χ3v) is 6.80. The lowest BCUT2D eigenvalue weighted by atomic mass is 9.72. The van der Waals surface area contributed by atoms with E-state index in [0.29, 0.717) is 17.7 Å². The summed E-state index contributed by atoms with van der Waals surface area (Å²) in [5, 5.41) is 4.37. The van der Waals surface area contributed by atoms with Crippen LogP contribution >= 0.6 is 0 Å². The summed E-state index contributed by atoms with van der Waals surface area (Å²) in [5.74, 6) is 0.338. The largest absolute Gasteiger partial charge is 0.342 e. The molecule has 28 heavy (non-hydrogen) atoms. The first-order chi connectivity index (χ1) is 13.5. The van der Waals surface area contributed by atoms with Crippen molar-refractivity contribution in [3.63, 3.8) is 0 Å². The average Bonchev–Trinajstić information content (AvgIpc) is 3.32. The second-order valence-electron chi connectivity index (χ2n) is 8.62. The van der Waals surface area contributed by atoms with Crippen LogP contribution in [0.5, 0.6) is 0 Å². The summed E-state index contributed by atoms with van der Waals surface area (Å²) in [6.45, 7) is 8.09. The van der Waals surface area contributed by atoms with Crippen molar-refractivity contribution < 1.29 is 4.79 Å². The average molecular weight is 385 g/mol. The number of nitrogens with zero attached hydrogens (tertiary/aromatic N) is 6. The second-order valence-corrected chi connectivity index (χ2v) is 8.62. The maximum atomic E-state index is 12.4. The van der Waals surface area contributed by atoms with Gasteiger partial charge in [-0.3, -0.25) is 14.4 Å². The minimum absolute atomic E-state index is 0.323. The van der Waals surface area contributed by atoms with Gasteiger partial charge in [-0.1, -0.05) is 0 Å². The molecule has 2 aliphatic heterocycles. The number of hydrogen-bond donors (Lipinski definition) is 0. The lowest BCUT2D eigenvalue weighted by Crippen LogP contribution is -2.51. The van der Waals surface area contributed by atoms with Crippen LogP contribution in [0, 0.1) is 12.3 Å². The molecule has 2 aromatic rings. The van der Waals surface area contributed by atoms with E-state index in [1.165, 1.54) is 24.1 Å². The quantitative estimate of drug-likeness (QED) is 0.766. The van der Waals surface area contributed by atoms with Crippen molar-refractivity contribution in [2.45, 2.75) is 52.1 Å². The summed E-state index contributed by atoms with van der Waals surface area (Å²) in [7, 11) is 2.00. The molecule has 1 amide bonds. The Morgan fingerprint density at radius 1 is 1.18 bits per heavy atom. The number of aromatic nitrogens is 4. The number of aryl methyl sites for hydroxylation is 2. The molecule has 0 unspecified atom stereocenters. The first-order valence-corrected chi connectivity index (χ1v) is 10.5. The van der Waals surface area contributed by atoms with E-state index in [2.05, 4.69) is 31.4 Å². The van der Waals surface area contributed by atoms with Crippen molar-refractivity contribution >= 4 is 5.91 Å². The van der Waals surface area contributed by atoms with Crippen LogP contribution in [0.4, 0.5) is 0 Å². The molecule has 0 radical (unpaired) electrons. The fraction of sp³-hybridized carbons (Fsp3) is 0.667. The topological polar surface area (TPSA) is 59.2 Å². The number of carbonyl (C=O) groups excluding carboxylic acids is 1. The minimum atomic E-state index is 0.323. The number of carbonyl (C=O) groups is 1. The molecular formula is C21H32N6O. The van der Waals surface area contributed by atoms with E-state index in [1.54, 1.807) is 0 Å². The highest BCUT2D eigenvalue weighted by atomic mass is 16.2. The van der Waals surface area contributed by atoms with Gasteiger partial charge in [0.15, 0.2) is 0 Å². The SMILES string of the molecule is Cc1c(CN2CCC3(CCC(=O)N(CCCn4ccnc4)C3)CC2)cnn1C. The molecule has 7 nitrogen and oxygen atoms in total. The van der Waals surface area contributed by atoms with Crippen molar-refractivity contribution in [2.24, 2.45) is 12.5 Å². The summed E-state index contributed by atoms with van der Waals surface area (Å²) >= 11 is 0. The van der Waals surface area contributed by atoms with Crippen molar-refractivity contribution in [1.82, 2.24) is 29.1 Å². The molecule has 0 aliphatic carbocycles. The van der Waals surface area contributed by atoms with Crippen LogP contribution in [0.15, 0.2) is 24.9 Å². The summed E-state index contributed by atoms with van der Waals surface area (Å²) in [6, 6.07) is 0. The lowest BCUT2D eigenvalue weighted by molar-refractivity contribution is -0.139. The Bertz CT molecular complexity index is 788. The predicted octanol–water partition coefficient (Wildman–Crippen LogP) is 2.22. The zero-order chi connectivity index (χ0) is 19.6. The van der Waals surface area contributed by atoms with Crippen LogP contribution in [0.1, 0.15) is 43.4 Å². The molecule has 1 spiro atoms. The third kappa shape index (κ3) is 4.14. The third-order valence-electron chi connectivity index (χ3n) is 6.80. The molecule has 2 fully saturated rings. The molecule has 2 aromatic heterocycles. The molecule has 0 aromatic carbocycles. The monoisotopic (exact) mass is 384 g/mol. The van der Waals surface area contributed by atoms with Gasteiger partial charge >= 0.3 is 0 Å². The van der Waals surface area contributed by atoms with Gasteiger partial charge in [0, 0.05) is 63.3 Å². The number of imidazole rings is 1. The van der Waals surface area contributed by atoms with Crippen LogP contribution in [-0.2, 0) is 24.9 Å². The van der Waals surface area contributed by atoms with E-state index in [-0.39, 0.29) is 0 Å². The van der Waals surface area contributed by atoms with Gasteiger partial charge < -0.3 is 9.47 Å². The number of rotatable bonds is 6. The maximum Gasteiger partial charge on any atom is 0.222 e. The Hall–Kier alpha value is -2.15. The Labute approximate surface area is 167 Å². The fourth-order valence-corrected chi connectivity index (χ4v) is 4.70. The van der Waals surface area contributed by atoms with Gasteiger partial charge in [-0.15, -0.1) is 0 Å². The summed E-state index contributed by atoms with van der Waals surface area (Å²) in [6.07, 6.45) is 12.8.